The number of unbranched alkanes of at least 4 members (excludes halogenated alkanes) is 2. The standard InChI is InChI=1S/C35H68O4Si2/c1-12-23-35(24-19-25-35)32(39-41(10,11)34(5,6)7)22-18-21-29-28(20-16-14-13-15-17-26-36)30(37)27-31(29)38-40(8,9)33(2,3)4/h14,16,18,21,28-32,36-37H,12-13,15,17,19-20,22-27H2,1-11H3/b16-14-,21-18+/t28-,29-,30?,31-,32?/m1/s1. The molecule has 2 aliphatic rings. The molecule has 2 rings (SSSR count). The number of aliphatic hydroxyl groups excluding tert-OH is 2. The Morgan fingerprint density at radius 1 is 0.927 bits per heavy atom. The maximum atomic E-state index is 11.3. The van der Waals surface area contributed by atoms with Crippen molar-refractivity contribution in [3.63, 3.8) is 0 Å². The van der Waals surface area contributed by atoms with Gasteiger partial charge in [-0.05, 0) is 105 Å². The summed E-state index contributed by atoms with van der Waals surface area (Å²) in [5.41, 5.74) is 0.317. The first-order valence-corrected chi connectivity index (χ1v) is 22.7. The van der Waals surface area contributed by atoms with E-state index in [1.54, 1.807) is 0 Å². The van der Waals surface area contributed by atoms with Crippen molar-refractivity contribution in [1.82, 2.24) is 0 Å². The highest BCUT2D eigenvalue weighted by atomic mass is 28.4. The summed E-state index contributed by atoms with van der Waals surface area (Å²) in [6.07, 6.45) is 21.1. The third-order valence-corrected chi connectivity index (χ3v) is 20.2. The Labute approximate surface area is 257 Å². The third-order valence-electron chi connectivity index (χ3n) is 11.2. The van der Waals surface area contributed by atoms with Crippen LogP contribution in [0.5, 0.6) is 0 Å². The van der Waals surface area contributed by atoms with Gasteiger partial charge in [-0.1, -0.05) is 85.6 Å². The Kier molecular flexibility index (Phi) is 13.7. The van der Waals surface area contributed by atoms with E-state index in [1.165, 1.54) is 32.1 Å². The molecule has 2 saturated carbocycles. The van der Waals surface area contributed by atoms with E-state index in [9.17, 15) is 5.11 Å². The molecular formula is C35H68O4Si2. The predicted octanol–water partition coefficient (Wildman–Crippen LogP) is 9.79. The summed E-state index contributed by atoms with van der Waals surface area (Å²) < 4.78 is 14.2. The third kappa shape index (κ3) is 9.87. The van der Waals surface area contributed by atoms with Gasteiger partial charge in [0.2, 0.25) is 0 Å². The Morgan fingerprint density at radius 2 is 1.56 bits per heavy atom. The average Bonchev–Trinajstić information content (AvgIpc) is 3.09. The fourth-order valence-corrected chi connectivity index (χ4v) is 9.06. The molecule has 4 nitrogen and oxygen atoms in total. The summed E-state index contributed by atoms with van der Waals surface area (Å²) in [4.78, 5) is 0. The first-order chi connectivity index (χ1) is 18.9. The fourth-order valence-electron chi connectivity index (χ4n) is 6.29. The highest BCUT2D eigenvalue weighted by Crippen LogP contribution is 2.52. The van der Waals surface area contributed by atoms with E-state index in [4.69, 9.17) is 14.0 Å². The van der Waals surface area contributed by atoms with E-state index >= 15 is 0 Å². The molecule has 0 aliphatic heterocycles. The van der Waals surface area contributed by atoms with Crippen LogP contribution in [0, 0.1) is 17.3 Å². The number of hydrogen-bond donors (Lipinski definition) is 2. The molecule has 2 N–H and O–H groups in total. The van der Waals surface area contributed by atoms with Crippen molar-refractivity contribution < 1.29 is 19.1 Å². The second-order valence-electron chi connectivity index (χ2n) is 16.4. The molecule has 2 fully saturated rings. The predicted molar refractivity (Wildman–Crippen MR) is 181 cm³/mol. The van der Waals surface area contributed by atoms with Crippen LogP contribution in [0.4, 0.5) is 0 Å². The largest absolute Gasteiger partial charge is 0.413 e. The summed E-state index contributed by atoms with van der Waals surface area (Å²) >= 11 is 0. The molecule has 2 unspecified atom stereocenters. The van der Waals surface area contributed by atoms with Crippen molar-refractivity contribution in [2.75, 3.05) is 6.61 Å². The Morgan fingerprint density at radius 3 is 2.07 bits per heavy atom. The average molecular weight is 609 g/mol. The Hall–Kier alpha value is -0.246. The quantitative estimate of drug-likeness (QED) is 0.104. The summed E-state index contributed by atoms with van der Waals surface area (Å²) in [6.45, 7) is 26.0. The maximum Gasteiger partial charge on any atom is 0.192 e. The van der Waals surface area contributed by atoms with Gasteiger partial charge in [-0.2, -0.15) is 0 Å². The molecular weight excluding hydrogens is 541 g/mol. The van der Waals surface area contributed by atoms with Crippen LogP contribution in [0.1, 0.15) is 119 Å². The minimum atomic E-state index is -1.98. The van der Waals surface area contributed by atoms with Crippen LogP contribution in [-0.2, 0) is 8.85 Å². The van der Waals surface area contributed by atoms with Crippen LogP contribution in [0.2, 0.25) is 36.3 Å². The normalized spacial score (nSPS) is 26.7. The summed E-state index contributed by atoms with van der Waals surface area (Å²) in [5.74, 6) is 0.376. The van der Waals surface area contributed by atoms with Crippen LogP contribution in [0.25, 0.3) is 0 Å². The lowest BCUT2D eigenvalue weighted by molar-refractivity contribution is -0.0314. The second kappa shape index (κ2) is 15.2. The van der Waals surface area contributed by atoms with Crippen LogP contribution in [0.15, 0.2) is 24.3 Å². The lowest BCUT2D eigenvalue weighted by atomic mass is 9.62. The molecule has 5 atom stereocenters. The molecule has 0 aromatic rings. The van der Waals surface area contributed by atoms with Crippen LogP contribution in [-0.4, -0.2) is 51.8 Å². The van der Waals surface area contributed by atoms with Gasteiger partial charge in [0.25, 0.3) is 0 Å². The van der Waals surface area contributed by atoms with Gasteiger partial charge in [0.1, 0.15) is 0 Å². The van der Waals surface area contributed by atoms with Gasteiger partial charge in [0, 0.05) is 12.5 Å². The number of hydrogen-bond acceptors (Lipinski definition) is 4. The van der Waals surface area contributed by atoms with Gasteiger partial charge in [-0.25, -0.2) is 0 Å². The van der Waals surface area contributed by atoms with E-state index in [1.807, 2.05) is 0 Å². The zero-order valence-corrected chi connectivity index (χ0v) is 30.9. The Bertz CT molecular complexity index is 832. The first-order valence-electron chi connectivity index (χ1n) is 16.9. The van der Waals surface area contributed by atoms with Gasteiger partial charge >= 0.3 is 0 Å². The fraction of sp³-hybridized carbons (Fsp3) is 0.886. The molecule has 6 heteroatoms. The van der Waals surface area contributed by atoms with Crippen molar-refractivity contribution in [3.8, 4) is 0 Å². The van der Waals surface area contributed by atoms with Gasteiger partial charge in [-0.15, -0.1) is 0 Å². The minimum absolute atomic E-state index is 0.0583. The molecule has 240 valence electrons. The second-order valence-corrected chi connectivity index (χ2v) is 25.9. The zero-order chi connectivity index (χ0) is 31.1. The molecule has 0 saturated heterocycles. The van der Waals surface area contributed by atoms with E-state index in [2.05, 4.69) is 99.0 Å². The molecule has 41 heavy (non-hydrogen) atoms. The molecule has 0 radical (unpaired) electrons. The van der Waals surface area contributed by atoms with E-state index in [-0.39, 0.29) is 46.8 Å². The number of aliphatic hydroxyl groups is 2. The smallest absolute Gasteiger partial charge is 0.192 e. The van der Waals surface area contributed by atoms with Crippen LogP contribution < -0.4 is 0 Å². The highest BCUT2D eigenvalue weighted by Gasteiger charge is 2.49. The SMILES string of the molecule is CCCC1(C(C/C=C/[C@H]2[C@H](O[Si](C)(C)C(C)(C)C)CC(O)[C@@H]2C/C=C\CCCCO)O[Si](C)(C)C(C)(C)C)CCC1. The molecule has 0 bridgehead atoms. The van der Waals surface area contributed by atoms with E-state index in [0.717, 1.165) is 32.1 Å². The molecule has 0 amide bonds. The summed E-state index contributed by atoms with van der Waals surface area (Å²) in [5, 5.41) is 20.7. The molecule has 0 aromatic heterocycles. The van der Waals surface area contributed by atoms with Crippen molar-refractivity contribution in [2.45, 2.75) is 174 Å². The topological polar surface area (TPSA) is 58.9 Å². The zero-order valence-electron chi connectivity index (χ0n) is 28.9. The van der Waals surface area contributed by atoms with Gasteiger partial charge in [-0.3, -0.25) is 0 Å². The lowest BCUT2D eigenvalue weighted by Crippen LogP contribution is -2.51. The Balaban J connectivity index is 2.31. The van der Waals surface area contributed by atoms with Crippen LogP contribution in [0.3, 0.4) is 0 Å². The minimum Gasteiger partial charge on any atom is -0.413 e. The maximum absolute atomic E-state index is 11.3. The van der Waals surface area contributed by atoms with Crippen molar-refractivity contribution in [3.05, 3.63) is 24.3 Å². The molecule has 0 heterocycles. The highest BCUT2D eigenvalue weighted by molar-refractivity contribution is 6.74. The van der Waals surface area contributed by atoms with Gasteiger partial charge < -0.3 is 19.1 Å². The van der Waals surface area contributed by atoms with Crippen molar-refractivity contribution in [1.29, 1.82) is 0 Å². The van der Waals surface area contributed by atoms with E-state index < -0.39 is 16.6 Å². The van der Waals surface area contributed by atoms with E-state index in [0.29, 0.717) is 11.8 Å². The molecule has 2 aliphatic carbocycles. The summed E-state index contributed by atoms with van der Waals surface area (Å²) in [6, 6.07) is 0. The van der Waals surface area contributed by atoms with Crippen LogP contribution >= 0.6 is 0 Å². The number of rotatable bonds is 16. The lowest BCUT2D eigenvalue weighted by Gasteiger charge is -2.51. The summed E-state index contributed by atoms with van der Waals surface area (Å²) in [7, 11) is -3.89. The number of allylic oxidation sites excluding steroid dienone is 2. The molecule has 0 spiro atoms. The van der Waals surface area contributed by atoms with Crippen molar-refractivity contribution >= 4 is 16.6 Å². The van der Waals surface area contributed by atoms with Gasteiger partial charge in [0.05, 0.1) is 18.3 Å². The van der Waals surface area contributed by atoms with Gasteiger partial charge in [0.15, 0.2) is 16.6 Å². The first kappa shape index (κ1) is 36.9. The molecule has 0 aromatic carbocycles. The monoisotopic (exact) mass is 608 g/mol. The van der Waals surface area contributed by atoms with Crippen molar-refractivity contribution in [2.24, 2.45) is 17.3 Å².